The van der Waals surface area contributed by atoms with Crippen molar-refractivity contribution in [3.8, 4) is 0 Å². The van der Waals surface area contributed by atoms with Gasteiger partial charge in [0, 0.05) is 25.3 Å². The Balaban J connectivity index is 2.99. The van der Waals surface area contributed by atoms with E-state index in [0.717, 1.165) is 43.7 Å². The highest BCUT2D eigenvalue weighted by Crippen LogP contribution is 2.21. The molecule has 0 unspecified atom stereocenters. The molecule has 0 aliphatic heterocycles. The van der Waals surface area contributed by atoms with Gasteiger partial charge in [0.05, 0.1) is 5.56 Å². The highest BCUT2D eigenvalue weighted by Gasteiger charge is 2.19. The number of amides is 1. The molecule has 0 aliphatic carbocycles. The Morgan fingerprint density at radius 2 is 1.86 bits per heavy atom. The zero-order chi connectivity index (χ0) is 15.8. The second-order valence-electron chi connectivity index (χ2n) is 5.61. The summed E-state index contributed by atoms with van der Waals surface area (Å²) in [5.41, 5.74) is 2.91. The van der Waals surface area contributed by atoms with Crippen molar-refractivity contribution in [2.24, 2.45) is 5.92 Å². The third-order valence-corrected chi connectivity index (χ3v) is 4.07. The Hall–Kier alpha value is -1.51. The van der Waals surface area contributed by atoms with Gasteiger partial charge in [-0.1, -0.05) is 32.8 Å². The molecular formula is C18H30N2O. The summed E-state index contributed by atoms with van der Waals surface area (Å²) in [4.78, 5) is 14.8. The van der Waals surface area contributed by atoms with Crippen LogP contribution in [0.25, 0.3) is 0 Å². The number of aryl methyl sites for hydroxylation is 1. The minimum atomic E-state index is 0.139. The lowest BCUT2D eigenvalue weighted by molar-refractivity contribution is 0.0736. The molecule has 1 rings (SSSR count). The fourth-order valence-corrected chi connectivity index (χ4v) is 2.57. The first-order valence-corrected chi connectivity index (χ1v) is 8.20. The molecule has 3 nitrogen and oxygen atoms in total. The zero-order valence-electron chi connectivity index (χ0n) is 14.2. The molecule has 0 spiro atoms. The van der Waals surface area contributed by atoms with E-state index in [1.54, 1.807) is 0 Å². The van der Waals surface area contributed by atoms with Crippen molar-refractivity contribution < 1.29 is 4.79 Å². The number of carbonyl (C=O) groups is 1. The molecule has 0 heterocycles. The quantitative estimate of drug-likeness (QED) is 0.773. The van der Waals surface area contributed by atoms with Crippen molar-refractivity contribution in [1.82, 2.24) is 4.90 Å². The van der Waals surface area contributed by atoms with Crippen molar-refractivity contribution in [3.05, 3.63) is 29.3 Å². The number of benzene rings is 1. The van der Waals surface area contributed by atoms with E-state index < -0.39 is 0 Å². The van der Waals surface area contributed by atoms with Gasteiger partial charge in [0.25, 0.3) is 5.91 Å². The average molecular weight is 290 g/mol. The van der Waals surface area contributed by atoms with E-state index in [4.69, 9.17) is 0 Å². The van der Waals surface area contributed by atoms with Crippen LogP contribution in [0.4, 0.5) is 5.69 Å². The number of hydrogen-bond acceptors (Lipinski definition) is 2. The first-order valence-electron chi connectivity index (χ1n) is 8.20. The summed E-state index contributed by atoms with van der Waals surface area (Å²) in [5, 5.41) is 3.31. The van der Waals surface area contributed by atoms with Crippen LogP contribution in [-0.4, -0.2) is 30.4 Å². The van der Waals surface area contributed by atoms with Gasteiger partial charge in [-0.2, -0.15) is 0 Å². The predicted octanol–water partition coefficient (Wildman–Crippen LogP) is 4.33. The lowest BCUT2D eigenvalue weighted by atomic mass is 10.0. The van der Waals surface area contributed by atoms with Gasteiger partial charge in [0.1, 0.15) is 0 Å². The van der Waals surface area contributed by atoms with Gasteiger partial charge in [-0.25, -0.2) is 0 Å². The van der Waals surface area contributed by atoms with Crippen LogP contribution in [0.5, 0.6) is 0 Å². The number of rotatable bonds is 8. The fraction of sp³-hybridized carbons (Fsp3) is 0.611. The Morgan fingerprint density at radius 1 is 1.19 bits per heavy atom. The Morgan fingerprint density at radius 3 is 2.38 bits per heavy atom. The monoisotopic (exact) mass is 290 g/mol. The number of nitrogens with one attached hydrogen (secondary N) is 1. The molecule has 21 heavy (non-hydrogen) atoms. The van der Waals surface area contributed by atoms with Crippen molar-refractivity contribution in [2.45, 2.75) is 47.5 Å². The Kier molecular flexibility index (Phi) is 7.27. The van der Waals surface area contributed by atoms with Gasteiger partial charge in [0.15, 0.2) is 0 Å². The molecule has 0 aliphatic rings. The minimum absolute atomic E-state index is 0.139. The second kappa shape index (κ2) is 8.71. The zero-order valence-corrected chi connectivity index (χ0v) is 14.2. The van der Waals surface area contributed by atoms with E-state index in [9.17, 15) is 4.79 Å². The first kappa shape index (κ1) is 17.5. The van der Waals surface area contributed by atoms with Crippen LogP contribution in [0.1, 0.15) is 56.5 Å². The maximum absolute atomic E-state index is 12.8. The largest absolute Gasteiger partial charge is 0.385 e. The summed E-state index contributed by atoms with van der Waals surface area (Å²) in [7, 11) is 0. The molecule has 0 bridgehead atoms. The molecule has 0 atom stereocenters. The van der Waals surface area contributed by atoms with Crippen molar-refractivity contribution in [2.75, 3.05) is 25.0 Å². The highest BCUT2D eigenvalue weighted by molar-refractivity contribution is 5.99. The van der Waals surface area contributed by atoms with E-state index in [2.05, 4.69) is 46.0 Å². The van der Waals surface area contributed by atoms with Gasteiger partial charge in [-0.15, -0.1) is 0 Å². The first-order chi connectivity index (χ1) is 10.1. The molecule has 0 saturated heterocycles. The number of nitrogens with zero attached hydrogens (tertiary/aromatic N) is 1. The number of anilines is 1. The topological polar surface area (TPSA) is 32.3 Å². The standard InChI is InChI=1S/C18H30N2O/c1-6-15(7-2)13-20(9-4)18(21)16-11-10-14(5)12-17(16)19-8-3/h10-12,15,19H,6-9,13H2,1-5H3. The van der Waals surface area contributed by atoms with Crippen molar-refractivity contribution >= 4 is 11.6 Å². The molecule has 1 aromatic rings. The average Bonchev–Trinajstić information content (AvgIpc) is 2.48. The molecule has 1 aromatic carbocycles. The third-order valence-electron chi connectivity index (χ3n) is 4.07. The van der Waals surface area contributed by atoms with Crippen molar-refractivity contribution in [3.63, 3.8) is 0 Å². The normalized spacial score (nSPS) is 10.8. The molecule has 0 aromatic heterocycles. The number of carbonyl (C=O) groups excluding carboxylic acids is 1. The van der Waals surface area contributed by atoms with Crippen LogP contribution < -0.4 is 5.32 Å². The smallest absolute Gasteiger partial charge is 0.255 e. The summed E-state index contributed by atoms with van der Waals surface area (Å²) in [5.74, 6) is 0.724. The van der Waals surface area contributed by atoms with Crippen LogP contribution in [0, 0.1) is 12.8 Å². The summed E-state index contributed by atoms with van der Waals surface area (Å²) in [6.45, 7) is 13.0. The molecule has 0 fully saturated rings. The fourth-order valence-electron chi connectivity index (χ4n) is 2.57. The van der Waals surface area contributed by atoms with Gasteiger partial charge < -0.3 is 10.2 Å². The molecule has 1 N–H and O–H groups in total. The van der Waals surface area contributed by atoms with Crippen LogP contribution in [0.3, 0.4) is 0 Å². The summed E-state index contributed by atoms with van der Waals surface area (Å²) in [6, 6.07) is 6.02. The lowest BCUT2D eigenvalue weighted by Crippen LogP contribution is -2.35. The molecular weight excluding hydrogens is 260 g/mol. The molecule has 3 heteroatoms. The van der Waals surface area contributed by atoms with E-state index in [1.165, 1.54) is 5.56 Å². The van der Waals surface area contributed by atoms with Gasteiger partial charge in [-0.05, 0) is 44.4 Å². The minimum Gasteiger partial charge on any atom is -0.385 e. The third kappa shape index (κ3) is 4.76. The van der Waals surface area contributed by atoms with Crippen LogP contribution >= 0.6 is 0 Å². The maximum Gasteiger partial charge on any atom is 0.255 e. The second-order valence-corrected chi connectivity index (χ2v) is 5.61. The van der Waals surface area contributed by atoms with E-state index in [-0.39, 0.29) is 5.91 Å². The molecule has 118 valence electrons. The molecule has 0 radical (unpaired) electrons. The summed E-state index contributed by atoms with van der Waals surface area (Å²) in [6.07, 6.45) is 2.24. The van der Waals surface area contributed by atoms with Crippen molar-refractivity contribution in [1.29, 1.82) is 0 Å². The van der Waals surface area contributed by atoms with E-state index in [0.29, 0.717) is 5.92 Å². The van der Waals surface area contributed by atoms with Gasteiger partial charge >= 0.3 is 0 Å². The molecule has 1 amide bonds. The van der Waals surface area contributed by atoms with E-state index >= 15 is 0 Å². The van der Waals surface area contributed by atoms with E-state index in [1.807, 2.05) is 17.0 Å². The van der Waals surface area contributed by atoms with Gasteiger partial charge in [-0.3, -0.25) is 4.79 Å². The number of hydrogen-bond donors (Lipinski definition) is 1. The van der Waals surface area contributed by atoms with Crippen LogP contribution in [-0.2, 0) is 0 Å². The Bertz CT molecular complexity index is 453. The van der Waals surface area contributed by atoms with Crippen LogP contribution in [0.15, 0.2) is 18.2 Å². The highest BCUT2D eigenvalue weighted by atomic mass is 16.2. The summed E-state index contributed by atoms with van der Waals surface area (Å²) >= 11 is 0. The maximum atomic E-state index is 12.8. The summed E-state index contributed by atoms with van der Waals surface area (Å²) < 4.78 is 0. The lowest BCUT2D eigenvalue weighted by Gasteiger charge is -2.26. The van der Waals surface area contributed by atoms with Crippen LogP contribution in [0.2, 0.25) is 0 Å². The van der Waals surface area contributed by atoms with Gasteiger partial charge in [0.2, 0.25) is 0 Å². The molecule has 0 saturated carbocycles. The Labute approximate surface area is 129 Å². The predicted molar refractivity (Wildman–Crippen MR) is 91.0 cm³/mol. The SMILES string of the molecule is CCNc1cc(C)ccc1C(=O)N(CC)CC(CC)CC.